The molecule has 0 radical (unpaired) electrons. The number of para-hydroxylation sites is 1. The fraction of sp³-hybridized carbons (Fsp3) is 0.381. The van der Waals surface area contributed by atoms with Crippen molar-refractivity contribution in [1.29, 1.82) is 0 Å². The third kappa shape index (κ3) is 4.79. The lowest BCUT2D eigenvalue weighted by Gasteiger charge is -2.31. The normalized spacial score (nSPS) is 15.8. The molecule has 0 aliphatic carbocycles. The number of phenols is 1. The lowest BCUT2D eigenvalue weighted by Crippen LogP contribution is -2.42. The number of phenolic OH excluding ortho intramolecular Hbond substituents is 1. The number of aliphatic carboxylic acids is 1. The molecule has 2 aromatic rings. The summed E-state index contributed by atoms with van der Waals surface area (Å²) in [6.07, 6.45) is 3.71. The van der Waals surface area contributed by atoms with Crippen LogP contribution in [-0.2, 0) is 11.2 Å². The average Bonchev–Trinajstić information content (AvgIpc) is 2.69. The summed E-state index contributed by atoms with van der Waals surface area (Å²) in [7, 11) is 0. The Morgan fingerprint density at radius 3 is 2.54 bits per heavy atom. The highest BCUT2D eigenvalue weighted by molar-refractivity contribution is 5.96. The highest BCUT2D eigenvalue weighted by Crippen LogP contribution is 2.21. The van der Waals surface area contributed by atoms with Crippen molar-refractivity contribution in [1.82, 2.24) is 10.3 Å². The molecule has 1 saturated heterocycles. The second kappa shape index (κ2) is 8.73. The van der Waals surface area contributed by atoms with Gasteiger partial charge in [0.05, 0.1) is 5.56 Å². The standard InChI is InChI=1S/C21H25N3O4/c1-14-8-10-24(11-9-14)19-7-6-16(13-22-19)20(26)23-17(21(27)28)12-15-4-2-3-5-18(15)25/h2-7,13-14,17,25H,8-12H2,1H3,(H,23,26)(H,27,28). The molecule has 1 atom stereocenters. The second-order valence-electron chi connectivity index (χ2n) is 7.27. The van der Waals surface area contributed by atoms with Crippen molar-refractivity contribution in [3.05, 3.63) is 53.7 Å². The summed E-state index contributed by atoms with van der Waals surface area (Å²) in [6, 6.07) is 8.79. The number of hydrogen-bond donors (Lipinski definition) is 3. The van der Waals surface area contributed by atoms with Crippen LogP contribution in [0, 0.1) is 5.92 Å². The van der Waals surface area contributed by atoms with Crippen LogP contribution < -0.4 is 10.2 Å². The Morgan fingerprint density at radius 2 is 1.93 bits per heavy atom. The van der Waals surface area contributed by atoms with Gasteiger partial charge in [-0.15, -0.1) is 0 Å². The number of rotatable bonds is 6. The van der Waals surface area contributed by atoms with Gasteiger partial charge in [-0.1, -0.05) is 25.1 Å². The van der Waals surface area contributed by atoms with Crippen LogP contribution in [0.15, 0.2) is 42.6 Å². The Bertz CT molecular complexity index is 830. The molecule has 3 N–H and O–H groups in total. The number of carboxylic acids is 1. The smallest absolute Gasteiger partial charge is 0.326 e. The van der Waals surface area contributed by atoms with Gasteiger partial charge in [0, 0.05) is 25.7 Å². The van der Waals surface area contributed by atoms with Crippen LogP contribution in [0.3, 0.4) is 0 Å². The molecular weight excluding hydrogens is 358 g/mol. The van der Waals surface area contributed by atoms with Gasteiger partial charge in [-0.25, -0.2) is 9.78 Å². The number of aromatic hydroxyl groups is 1. The Kier molecular flexibility index (Phi) is 6.13. The van der Waals surface area contributed by atoms with Gasteiger partial charge in [-0.05, 0) is 42.5 Å². The Hall–Kier alpha value is -3.09. The number of aromatic nitrogens is 1. The van der Waals surface area contributed by atoms with Crippen molar-refractivity contribution in [2.24, 2.45) is 5.92 Å². The van der Waals surface area contributed by atoms with E-state index < -0.39 is 17.9 Å². The number of carboxylic acid groups (broad SMARTS) is 1. The first-order chi connectivity index (χ1) is 13.4. The molecule has 1 aromatic carbocycles. The maximum Gasteiger partial charge on any atom is 0.326 e. The SMILES string of the molecule is CC1CCN(c2ccc(C(=O)NC(Cc3ccccc3O)C(=O)O)cn2)CC1. The van der Waals surface area contributed by atoms with E-state index in [-0.39, 0.29) is 12.2 Å². The van der Waals surface area contributed by atoms with Crippen LogP contribution in [0.25, 0.3) is 0 Å². The quantitative estimate of drug-likeness (QED) is 0.708. The zero-order valence-electron chi connectivity index (χ0n) is 15.8. The summed E-state index contributed by atoms with van der Waals surface area (Å²) in [5, 5.41) is 21.8. The van der Waals surface area contributed by atoms with E-state index in [4.69, 9.17) is 0 Å². The number of piperidine rings is 1. The molecule has 0 bridgehead atoms. The van der Waals surface area contributed by atoms with Crippen LogP contribution in [0.4, 0.5) is 5.82 Å². The zero-order chi connectivity index (χ0) is 20.1. The largest absolute Gasteiger partial charge is 0.508 e. The Morgan fingerprint density at radius 1 is 1.21 bits per heavy atom. The maximum atomic E-state index is 12.5. The number of pyridine rings is 1. The monoisotopic (exact) mass is 383 g/mol. The second-order valence-corrected chi connectivity index (χ2v) is 7.27. The first kappa shape index (κ1) is 19.7. The molecule has 148 valence electrons. The van der Waals surface area contributed by atoms with E-state index in [2.05, 4.69) is 22.1 Å². The minimum atomic E-state index is -1.16. The molecule has 1 aliphatic rings. The van der Waals surface area contributed by atoms with Crippen molar-refractivity contribution in [3.8, 4) is 5.75 Å². The molecule has 7 nitrogen and oxygen atoms in total. The van der Waals surface area contributed by atoms with Crippen molar-refractivity contribution in [2.45, 2.75) is 32.2 Å². The summed E-state index contributed by atoms with van der Waals surface area (Å²) in [5.41, 5.74) is 0.765. The summed E-state index contributed by atoms with van der Waals surface area (Å²) in [5.74, 6) is -0.117. The number of hydrogen-bond acceptors (Lipinski definition) is 5. The molecular formula is C21H25N3O4. The summed E-state index contributed by atoms with van der Waals surface area (Å²) in [4.78, 5) is 30.6. The van der Waals surface area contributed by atoms with Crippen LogP contribution in [0.1, 0.15) is 35.7 Å². The molecule has 1 fully saturated rings. The van der Waals surface area contributed by atoms with Crippen molar-refractivity contribution in [2.75, 3.05) is 18.0 Å². The van der Waals surface area contributed by atoms with Gasteiger partial charge in [0.15, 0.2) is 0 Å². The molecule has 0 spiro atoms. The predicted octanol–water partition coefficient (Wildman–Crippen LogP) is 2.45. The number of nitrogens with one attached hydrogen (secondary N) is 1. The molecule has 1 aliphatic heterocycles. The molecule has 1 aromatic heterocycles. The van der Waals surface area contributed by atoms with Crippen molar-refractivity contribution < 1.29 is 19.8 Å². The molecule has 28 heavy (non-hydrogen) atoms. The first-order valence-electron chi connectivity index (χ1n) is 9.45. The van der Waals surface area contributed by atoms with E-state index in [0.717, 1.165) is 37.7 Å². The van der Waals surface area contributed by atoms with E-state index in [1.54, 1.807) is 30.3 Å². The third-order valence-corrected chi connectivity index (χ3v) is 5.14. The lowest BCUT2D eigenvalue weighted by molar-refractivity contribution is -0.139. The number of nitrogens with zero attached hydrogens (tertiary/aromatic N) is 2. The number of carbonyl (C=O) groups excluding carboxylic acids is 1. The third-order valence-electron chi connectivity index (χ3n) is 5.14. The highest BCUT2D eigenvalue weighted by Gasteiger charge is 2.23. The minimum Gasteiger partial charge on any atom is -0.508 e. The van der Waals surface area contributed by atoms with Crippen molar-refractivity contribution >= 4 is 17.7 Å². The van der Waals surface area contributed by atoms with E-state index in [1.807, 2.05) is 0 Å². The molecule has 0 saturated carbocycles. The maximum absolute atomic E-state index is 12.5. The van der Waals surface area contributed by atoms with Gasteiger partial charge in [0.2, 0.25) is 0 Å². The van der Waals surface area contributed by atoms with Crippen LogP contribution in [0.2, 0.25) is 0 Å². The van der Waals surface area contributed by atoms with Crippen molar-refractivity contribution in [3.63, 3.8) is 0 Å². The molecule has 2 heterocycles. The first-order valence-corrected chi connectivity index (χ1v) is 9.45. The molecule has 7 heteroatoms. The zero-order valence-corrected chi connectivity index (χ0v) is 15.8. The minimum absolute atomic E-state index is 0.00451. The molecule has 3 rings (SSSR count). The van der Waals surface area contributed by atoms with E-state index in [9.17, 15) is 19.8 Å². The average molecular weight is 383 g/mol. The number of benzene rings is 1. The lowest BCUT2D eigenvalue weighted by atomic mass is 9.99. The fourth-order valence-corrected chi connectivity index (χ4v) is 3.29. The topological polar surface area (TPSA) is 103 Å². The summed E-state index contributed by atoms with van der Waals surface area (Å²) >= 11 is 0. The summed E-state index contributed by atoms with van der Waals surface area (Å²) in [6.45, 7) is 4.13. The summed E-state index contributed by atoms with van der Waals surface area (Å²) < 4.78 is 0. The Labute approximate surface area is 164 Å². The van der Waals surface area contributed by atoms with Crippen LogP contribution in [0.5, 0.6) is 5.75 Å². The van der Waals surface area contributed by atoms with Gasteiger partial charge >= 0.3 is 5.97 Å². The van der Waals surface area contributed by atoms with Crippen LogP contribution >= 0.6 is 0 Å². The predicted molar refractivity (Wildman–Crippen MR) is 106 cm³/mol. The van der Waals surface area contributed by atoms with Gasteiger partial charge in [-0.2, -0.15) is 0 Å². The number of anilines is 1. The number of amides is 1. The van der Waals surface area contributed by atoms with E-state index in [1.165, 1.54) is 12.3 Å². The van der Waals surface area contributed by atoms with Crippen LogP contribution in [-0.4, -0.2) is 46.2 Å². The van der Waals surface area contributed by atoms with Gasteiger partial charge < -0.3 is 20.4 Å². The van der Waals surface area contributed by atoms with E-state index >= 15 is 0 Å². The molecule has 1 amide bonds. The van der Waals surface area contributed by atoms with E-state index in [0.29, 0.717) is 11.1 Å². The van der Waals surface area contributed by atoms with Gasteiger partial charge in [0.25, 0.3) is 5.91 Å². The highest BCUT2D eigenvalue weighted by atomic mass is 16.4. The fourth-order valence-electron chi connectivity index (χ4n) is 3.29. The van der Waals surface area contributed by atoms with Gasteiger partial charge in [-0.3, -0.25) is 4.79 Å². The number of carbonyl (C=O) groups is 2. The molecule has 1 unspecified atom stereocenters. The van der Waals surface area contributed by atoms with Gasteiger partial charge in [0.1, 0.15) is 17.6 Å². The Balaban J connectivity index is 1.65.